The van der Waals surface area contributed by atoms with Crippen molar-refractivity contribution in [2.45, 2.75) is 0 Å². The molecule has 0 aliphatic rings. The number of hydrogen-bond acceptors (Lipinski definition) is 8. The molecule has 0 unspecified atom stereocenters. The van der Waals surface area contributed by atoms with Gasteiger partial charge in [0, 0.05) is 18.0 Å². The minimum Gasteiger partial charge on any atom is -0.472 e. The predicted molar refractivity (Wildman–Crippen MR) is 100 cm³/mol. The van der Waals surface area contributed by atoms with Crippen LogP contribution in [0.5, 0.6) is 0 Å². The lowest BCUT2D eigenvalue weighted by atomic mass is 10.1. The van der Waals surface area contributed by atoms with Gasteiger partial charge in [0.05, 0.1) is 23.2 Å². The van der Waals surface area contributed by atoms with Crippen LogP contribution in [0.15, 0.2) is 76.3 Å². The molecule has 0 spiro atoms. The number of hydrazine groups is 1. The third kappa shape index (κ3) is 3.21. The van der Waals surface area contributed by atoms with Crippen molar-refractivity contribution in [3.63, 3.8) is 0 Å². The largest absolute Gasteiger partial charge is 0.472 e. The van der Waals surface area contributed by atoms with E-state index in [0.29, 0.717) is 17.0 Å². The monoisotopic (exact) mass is 378 g/mol. The van der Waals surface area contributed by atoms with Crippen LogP contribution >= 0.6 is 0 Å². The van der Waals surface area contributed by atoms with E-state index in [4.69, 9.17) is 20.5 Å². The quantitative estimate of drug-likeness (QED) is 0.402. The topological polar surface area (TPSA) is 120 Å². The molecule has 0 aliphatic carbocycles. The molecule has 0 saturated carbocycles. The third-order valence-corrected chi connectivity index (χ3v) is 4.00. The maximum absolute atomic E-state index is 14.3. The minimum atomic E-state index is -0.506. The Labute approximate surface area is 158 Å². The number of nitrogens with zero attached hydrogens (tertiary/aromatic N) is 4. The molecule has 1 aromatic carbocycles. The molecule has 0 amide bonds. The van der Waals surface area contributed by atoms with Crippen molar-refractivity contribution in [1.82, 2.24) is 15.1 Å². The van der Waals surface area contributed by atoms with Gasteiger partial charge in [-0.15, -0.1) is 0 Å². The molecule has 9 heteroatoms. The molecule has 28 heavy (non-hydrogen) atoms. The average Bonchev–Trinajstić information content (AvgIpc) is 3.41. The summed E-state index contributed by atoms with van der Waals surface area (Å²) in [5.74, 6) is 6.07. The van der Waals surface area contributed by atoms with Crippen LogP contribution in [-0.2, 0) is 0 Å². The lowest BCUT2D eigenvalue weighted by molar-refractivity contribution is 0.407. The third-order valence-electron chi connectivity index (χ3n) is 4.00. The highest BCUT2D eigenvalue weighted by atomic mass is 19.1. The maximum atomic E-state index is 14.3. The second-order valence-electron chi connectivity index (χ2n) is 5.75. The first-order valence-corrected chi connectivity index (χ1v) is 8.21. The van der Waals surface area contributed by atoms with Crippen molar-refractivity contribution in [2.75, 3.05) is 5.01 Å². The van der Waals surface area contributed by atoms with Crippen LogP contribution in [0.3, 0.4) is 0 Å². The van der Waals surface area contributed by atoms with Crippen LogP contribution in [-0.4, -0.2) is 15.1 Å². The summed E-state index contributed by atoms with van der Waals surface area (Å²) in [6.45, 7) is 0. The maximum Gasteiger partial charge on any atom is 0.276 e. The molecule has 4 N–H and O–H groups in total. The molecule has 0 fully saturated rings. The fourth-order valence-corrected chi connectivity index (χ4v) is 2.64. The van der Waals surface area contributed by atoms with Gasteiger partial charge in [0.1, 0.15) is 17.8 Å². The zero-order valence-corrected chi connectivity index (χ0v) is 14.5. The summed E-state index contributed by atoms with van der Waals surface area (Å²) in [4.78, 5) is 8.27. The first-order chi connectivity index (χ1) is 13.6. The Bertz CT molecular complexity index is 1110. The van der Waals surface area contributed by atoms with Gasteiger partial charge in [-0.2, -0.15) is 4.98 Å². The molecule has 0 radical (unpaired) electrons. The molecule has 3 heterocycles. The predicted octanol–water partition coefficient (Wildman–Crippen LogP) is 3.03. The summed E-state index contributed by atoms with van der Waals surface area (Å²) < 4.78 is 24.6. The van der Waals surface area contributed by atoms with Gasteiger partial charge < -0.3 is 14.7 Å². The Balaban J connectivity index is 1.84. The van der Waals surface area contributed by atoms with Gasteiger partial charge >= 0.3 is 0 Å². The van der Waals surface area contributed by atoms with E-state index in [0.717, 1.165) is 5.01 Å². The number of benzene rings is 1. The minimum absolute atomic E-state index is 0.0369. The molecule has 4 rings (SSSR count). The van der Waals surface area contributed by atoms with Crippen LogP contribution in [0, 0.1) is 5.82 Å². The van der Waals surface area contributed by atoms with Crippen LogP contribution in [0.4, 0.5) is 10.1 Å². The van der Waals surface area contributed by atoms with Gasteiger partial charge in [0.15, 0.2) is 0 Å². The normalized spacial score (nSPS) is 11.9. The van der Waals surface area contributed by atoms with E-state index in [1.54, 1.807) is 42.7 Å². The first kappa shape index (κ1) is 17.4. The van der Waals surface area contributed by atoms with Gasteiger partial charge in [0.2, 0.25) is 5.82 Å². The Morgan fingerprint density at radius 2 is 1.86 bits per heavy atom. The standard InChI is InChI=1S/C19H15FN6O2/c20-14-3-1-2-4-15(14)26(22)17(12-5-8-23-9-6-12)16(21)19-24-18(25-28-19)13-7-10-27-11-13/h1-11H,21-22H2/b17-16-. The van der Waals surface area contributed by atoms with Crippen molar-refractivity contribution in [3.05, 3.63) is 84.7 Å². The number of furan rings is 1. The molecular formula is C19H15FN6O2. The van der Waals surface area contributed by atoms with E-state index < -0.39 is 5.82 Å². The summed E-state index contributed by atoms with van der Waals surface area (Å²) in [5.41, 5.74) is 8.05. The highest BCUT2D eigenvalue weighted by molar-refractivity contribution is 5.93. The molecule has 4 aromatic rings. The highest BCUT2D eigenvalue weighted by Crippen LogP contribution is 2.30. The van der Waals surface area contributed by atoms with Crippen LogP contribution in [0.1, 0.15) is 11.5 Å². The first-order valence-electron chi connectivity index (χ1n) is 8.21. The van der Waals surface area contributed by atoms with Crippen molar-refractivity contribution in [3.8, 4) is 11.4 Å². The summed E-state index contributed by atoms with van der Waals surface area (Å²) in [6, 6.07) is 11.1. The van der Waals surface area contributed by atoms with Gasteiger partial charge in [-0.1, -0.05) is 17.3 Å². The number of rotatable bonds is 5. The van der Waals surface area contributed by atoms with Gasteiger partial charge in [-0.3, -0.25) is 9.99 Å². The molecule has 3 aromatic heterocycles. The van der Waals surface area contributed by atoms with Crippen molar-refractivity contribution < 1.29 is 13.3 Å². The van der Waals surface area contributed by atoms with Crippen molar-refractivity contribution >= 4 is 17.1 Å². The summed E-state index contributed by atoms with van der Waals surface area (Å²) in [7, 11) is 0. The van der Waals surface area contributed by atoms with E-state index >= 15 is 0 Å². The Morgan fingerprint density at radius 1 is 1.07 bits per heavy atom. The molecule has 140 valence electrons. The lowest BCUT2D eigenvalue weighted by Crippen LogP contribution is -2.32. The van der Waals surface area contributed by atoms with E-state index in [9.17, 15) is 4.39 Å². The molecule has 0 atom stereocenters. The molecule has 0 saturated heterocycles. The fourth-order valence-electron chi connectivity index (χ4n) is 2.64. The smallest absolute Gasteiger partial charge is 0.276 e. The Kier molecular flexibility index (Phi) is 4.56. The zero-order valence-electron chi connectivity index (χ0n) is 14.5. The number of para-hydroxylation sites is 1. The number of aromatic nitrogens is 3. The second-order valence-corrected chi connectivity index (χ2v) is 5.75. The van der Waals surface area contributed by atoms with Gasteiger partial charge in [-0.25, -0.2) is 10.2 Å². The number of nitrogens with two attached hydrogens (primary N) is 2. The van der Waals surface area contributed by atoms with Crippen molar-refractivity contribution in [1.29, 1.82) is 0 Å². The van der Waals surface area contributed by atoms with E-state index in [2.05, 4.69) is 15.1 Å². The van der Waals surface area contributed by atoms with Crippen molar-refractivity contribution in [2.24, 2.45) is 11.6 Å². The number of hydrogen-bond donors (Lipinski definition) is 2. The second kappa shape index (κ2) is 7.33. The molecular weight excluding hydrogens is 363 g/mol. The fraction of sp³-hybridized carbons (Fsp3) is 0. The highest BCUT2D eigenvalue weighted by Gasteiger charge is 2.22. The summed E-state index contributed by atoms with van der Waals surface area (Å²) in [5, 5.41) is 5.04. The van der Waals surface area contributed by atoms with E-state index in [-0.39, 0.29) is 23.0 Å². The van der Waals surface area contributed by atoms with Gasteiger partial charge in [-0.05, 0) is 30.3 Å². The van der Waals surface area contributed by atoms with Crippen LogP contribution < -0.4 is 16.6 Å². The van der Waals surface area contributed by atoms with E-state index in [1.165, 1.54) is 24.7 Å². The van der Waals surface area contributed by atoms with Gasteiger partial charge in [0.25, 0.3) is 5.89 Å². The SMILES string of the molecule is N/C(=C(/c1ccncc1)N(N)c1ccccc1F)c1nc(-c2ccoc2)no1. The van der Waals surface area contributed by atoms with E-state index in [1.807, 2.05) is 0 Å². The Morgan fingerprint density at radius 3 is 2.57 bits per heavy atom. The van der Waals surface area contributed by atoms with Crippen LogP contribution in [0.2, 0.25) is 0 Å². The number of pyridine rings is 1. The number of anilines is 1. The zero-order chi connectivity index (χ0) is 19.5. The summed E-state index contributed by atoms with van der Waals surface area (Å²) in [6.07, 6.45) is 6.12. The molecule has 0 bridgehead atoms. The van der Waals surface area contributed by atoms with Crippen LogP contribution in [0.25, 0.3) is 22.8 Å². The Hall–Kier alpha value is -3.98. The summed E-state index contributed by atoms with van der Waals surface area (Å²) >= 11 is 0. The molecule has 8 nitrogen and oxygen atoms in total. The number of halogens is 1. The average molecular weight is 378 g/mol. The lowest BCUT2D eigenvalue weighted by Gasteiger charge is -2.23. The molecule has 0 aliphatic heterocycles.